The highest BCUT2D eigenvalue weighted by Gasteiger charge is 2.31. The maximum Gasteiger partial charge on any atom is 0.223 e. The van der Waals surface area contributed by atoms with Crippen molar-refractivity contribution in [2.45, 2.75) is 96.0 Å². The van der Waals surface area contributed by atoms with Crippen LogP contribution in [0.3, 0.4) is 0 Å². The van der Waals surface area contributed by atoms with E-state index in [4.69, 9.17) is 4.18 Å². The predicted octanol–water partition coefficient (Wildman–Crippen LogP) is 5.07. The fourth-order valence-corrected chi connectivity index (χ4v) is 8.19. The Bertz CT molecular complexity index is 514. The van der Waals surface area contributed by atoms with Crippen LogP contribution < -0.4 is 0 Å². The lowest BCUT2D eigenvalue weighted by molar-refractivity contribution is -0.117. The monoisotopic (exact) mass is 451 g/mol. The molecule has 0 aromatic carbocycles. The van der Waals surface area contributed by atoms with E-state index in [1.807, 2.05) is 0 Å². The third kappa shape index (κ3) is 10.9. The summed E-state index contributed by atoms with van der Waals surface area (Å²) in [7, 11) is -2.64. The van der Waals surface area contributed by atoms with Gasteiger partial charge in [-0.1, -0.05) is 50.3 Å². The van der Waals surface area contributed by atoms with Crippen LogP contribution in [-0.4, -0.2) is 48.4 Å². The highest BCUT2D eigenvalue weighted by Crippen LogP contribution is 2.24. The SMILES string of the molecule is O=C1SCCCCCC1O[S+]1CCCCCCC1.O=S1(=O)CCCCCCC1. The van der Waals surface area contributed by atoms with Gasteiger partial charge in [-0.05, 0) is 51.4 Å². The van der Waals surface area contributed by atoms with Gasteiger partial charge in [-0.25, -0.2) is 8.42 Å². The summed E-state index contributed by atoms with van der Waals surface area (Å²) >= 11 is 1.56. The van der Waals surface area contributed by atoms with Gasteiger partial charge in [-0.15, -0.1) is 0 Å². The highest BCUT2D eigenvalue weighted by atomic mass is 32.2. The molecular formula is C21H39O4S3+. The molecule has 0 amide bonds. The Kier molecular flexibility index (Phi) is 12.5. The summed E-state index contributed by atoms with van der Waals surface area (Å²) in [6.07, 6.45) is 16.3. The van der Waals surface area contributed by atoms with E-state index in [1.54, 1.807) is 0 Å². The lowest BCUT2D eigenvalue weighted by Gasteiger charge is -2.18. The van der Waals surface area contributed by atoms with Crippen molar-refractivity contribution in [1.29, 1.82) is 0 Å². The maximum atomic E-state index is 12.0. The Morgan fingerprint density at radius 2 is 1.29 bits per heavy atom. The molecule has 3 saturated heterocycles. The van der Waals surface area contributed by atoms with Crippen LogP contribution in [-0.2, 0) is 30.0 Å². The molecule has 3 heterocycles. The molecule has 164 valence electrons. The van der Waals surface area contributed by atoms with Crippen molar-refractivity contribution in [2.75, 3.05) is 28.8 Å². The summed E-state index contributed by atoms with van der Waals surface area (Å²) in [4.78, 5) is 12.0. The van der Waals surface area contributed by atoms with Gasteiger partial charge in [-0.2, -0.15) is 4.18 Å². The molecule has 0 N–H and O–H groups in total. The van der Waals surface area contributed by atoms with Crippen LogP contribution in [0.25, 0.3) is 0 Å². The van der Waals surface area contributed by atoms with Crippen molar-refractivity contribution in [3.05, 3.63) is 0 Å². The molecule has 0 aromatic rings. The Labute approximate surface area is 179 Å². The number of carbonyl (C=O) groups is 1. The zero-order valence-corrected chi connectivity index (χ0v) is 19.8. The van der Waals surface area contributed by atoms with Gasteiger partial charge in [0.2, 0.25) is 5.12 Å². The van der Waals surface area contributed by atoms with Crippen LogP contribution in [0.15, 0.2) is 0 Å². The molecule has 1 atom stereocenters. The molecule has 4 nitrogen and oxygen atoms in total. The molecule has 0 aliphatic carbocycles. The zero-order chi connectivity index (χ0) is 20.1. The minimum absolute atomic E-state index is 0.0611. The molecular weight excluding hydrogens is 412 g/mol. The number of hydrogen-bond donors (Lipinski definition) is 0. The van der Waals surface area contributed by atoms with Gasteiger partial charge in [0.05, 0.1) is 11.5 Å². The van der Waals surface area contributed by atoms with Crippen molar-refractivity contribution in [2.24, 2.45) is 0 Å². The molecule has 7 heteroatoms. The first-order chi connectivity index (χ1) is 13.6. The molecule has 0 radical (unpaired) electrons. The lowest BCUT2D eigenvalue weighted by Crippen LogP contribution is -2.30. The van der Waals surface area contributed by atoms with Gasteiger partial charge < -0.3 is 0 Å². The van der Waals surface area contributed by atoms with Crippen molar-refractivity contribution in [3.8, 4) is 0 Å². The molecule has 0 spiro atoms. The van der Waals surface area contributed by atoms with Gasteiger partial charge in [0, 0.05) is 5.75 Å². The molecule has 3 aliphatic heterocycles. The maximum absolute atomic E-state index is 12.0. The molecule has 3 aliphatic rings. The fraction of sp³-hybridized carbons (Fsp3) is 0.952. The first kappa shape index (κ1) is 24.5. The van der Waals surface area contributed by atoms with Crippen LogP contribution in [0.4, 0.5) is 0 Å². The minimum Gasteiger partial charge on any atom is -0.284 e. The average Bonchev–Trinajstić information content (AvgIpc) is 2.61. The van der Waals surface area contributed by atoms with Gasteiger partial charge in [0.15, 0.2) is 6.10 Å². The Balaban J connectivity index is 0.000000237. The van der Waals surface area contributed by atoms with Crippen molar-refractivity contribution >= 4 is 37.9 Å². The van der Waals surface area contributed by atoms with Crippen molar-refractivity contribution in [3.63, 3.8) is 0 Å². The van der Waals surface area contributed by atoms with Gasteiger partial charge in [0.25, 0.3) is 0 Å². The van der Waals surface area contributed by atoms with E-state index in [1.165, 1.54) is 74.6 Å². The number of carbonyl (C=O) groups excluding carboxylic acids is 1. The number of thioether (sulfide) groups is 1. The second-order valence-electron chi connectivity index (χ2n) is 8.14. The summed E-state index contributed by atoms with van der Waals surface area (Å²) < 4.78 is 28.2. The van der Waals surface area contributed by atoms with Gasteiger partial charge >= 0.3 is 0 Å². The summed E-state index contributed by atoms with van der Waals surface area (Å²) in [5.74, 6) is 4.22. The Morgan fingerprint density at radius 3 is 1.93 bits per heavy atom. The number of sulfone groups is 1. The Morgan fingerprint density at radius 1 is 0.750 bits per heavy atom. The second kappa shape index (κ2) is 14.3. The normalized spacial score (nSPS) is 28.3. The second-order valence-corrected chi connectivity index (χ2v) is 13.4. The topological polar surface area (TPSA) is 60.4 Å². The third-order valence-corrected chi connectivity index (χ3v) is 10.4. The van der Waals surface area contributed by atoms with Crippen molar-refractivity contribution in [1.82, 2.24) is 0 Å². The third-order valence-electron chi connectivity index (χ3n) is 5.52. The van der Waals surface area contributed by atoms with Crippen LogP contribution in [0.5, 0.6) is 0 Å². The summed E-state index contributed by atoms with van der Waals surface area (Å²) in [5.41, 5.74) is 0. The largest absolute Gasteiger partial charge is 0.284 e. The molecule has 0 saturated carbocycles. The highest BCUT2D eigenvalue weighted by molar-refractivity contribution is 8.13. The van der Waals surface area contributed by atoms with Crippen LogP contribution in [0, 0.1) is 0 Å². The standard InChI is InChI=1S/C14H25O2S2.C7H14O2S/c15-14-13(9-5-4-6-10-17-14)16-18-11-7-2-1-3-8-12-18;8-10(9)6-4-2-1-3-5-7-10/h13H,1-12H2;1-7H2/q+1;. The van der Waals surface area contributed by atoms with E-state index in [0.717, 1.165) is 44.3 Å². The van der Waals surface area contributed by atoms with E-state index in [-0.39, 0.29) is 17.3 Å². The quantitative estimate of drug-likeness (QED) is 0.549. The smallest absolute Gasteiger partial charge is 0.223 e. The van der Waals surface area contributed by atoms with Crippen LogP contribution in [0.2, 0.25) is 0 Å². The minimum atomic E-state index is -2.64. The number of hydrogen-bond acceptors (Lipinski definition) is 5. The van der Waals surface area contributed by atoms with Crippen molar-refractivity contribution < 1.29 is 17.4 Å². The van der Waals surface area contributed by atoms with E-state index in [0.29, 0.717) is 16.6 Å². The fourth-order valence-electron chi connectivity index (χ4n) is 3.77. The molecule has 3 fully saturated rings. The summed E-state index contributed by atoms with van der Waals surface area (Å²) in [6.45, 7) is 0. The molecule has 0 aromatic heterocycles. The number of rotatable bonds is 2. The van der Waals surface area contributed by atoms with Crippen LogP contribution >= 0.6 is 11.8 Å². The van der Waals surface area contributed by atoms with Gasteiger partial charge in [0.1, 0.15) is 32.5 Å². The molecule has 1 unspecified atom stereocenters. The predicted molar refractivity (Wildman–Crippen MR) is 123 cm³/mol. The van der Waals surface area contributed by atoms with Crippen LogP contribution in [0.1, 0.15) is 89.9 Å². The Hall–Kier alpha value is 0.280. The molecule has 3 rings (SSSR count). The first-order valence-electron chi connectivity index (χ1n) is 11.3. The van der Waals surface area contributed by atoms with E-state index < -0.39 is 9.84 Å². The lowest BCUT2D eigenvalue weighted by atomic mass is 10.1. The van der Waals surface area contributed by atoms with Gasteiger partial charge in [-0.3, -0.25) is 4.79 Å². The average molecular weight is 452 g/mol. The molecule has 0 bridgehead atoms. The first-order valence-corrected chi connectivity index (χ1v) is 15.6. The van der Waals surface area contributed by atoms with E-state index >= 15 is 0 Å². The van der Waals surface area contributed by atoms with E-state index in [2.05, 4.69) is 0 Å². The molecule has 28 heavy (non-hydrogen) atoms. The summed E-state index contributed by atoms with van der Waals surface area (Å²) in [6, 6.07) is 0. The van der Waals surface area contributed by atoms with E-state index in [9.17, 15) is 13.2 Å². The summed E-state index contributed by atoms with van der Waals surface area (Å²) in [5, 5.41) is 0.296. The zero-order valence-electron chi connectivity index (χ0n) is 17.4.